The molecule has 0 spiro atoms. The molecule has 0 bridgehead atoms. The van der Waals surface area contributed by atoms with Gasteiger partial charge in [-0.2, -0.15) is 0 Å². The maximum absolute atomic E-state index is 14.0. The van der Waals surface area contributed by atoms with E-state index < -0.39 is 5.60 Å². The summed E-state index contributed by atoms with van der Waals surface area (Å²) in [5, 5.41) is 12.3. The van der Waals surface area contributed by atoms with Crippen molar-refractivity contribution in [1.29, 1.82) is 0 Å². The summed E-state index contributed by atoms with van der Waals surface area (Å²) < 4.78 is 28.3. The first kappa shape index (κ1) is 29.3. The van der Waals surface area contributed by atoms with E-state index in [1.54, 1.807) is 53.1 Å². The van der Waals surface area contributed by atoms with Crippen LogP contribution in [0.1, 0.15) is 62.6 Å². The monoisotopic (exact) mass is 577 g/mol. The Balaban J connectivity index is 1.50. The van der Waals surface area contributed by atoms with Gasteiger partial charge in [-0.1, -0.05) is 6.07 Å². The fourth-order valence-corrected chi connectivity index (χ4v) is 5.65. The molecular formula is C32H36FN3O6. The molecule has 2 aromatic carbocycles. The largest absolute Gasteiger partial charge is 0.490 e. The second-order valence-electron chi connectivity index (χ2n) is 11.8. The number of aryl methyl sites for hydroxylation is 3. The van der Waals surface area contributed by atoms with Gasteiger partial charge in [-0.25, -0.2) is 4.39 Å². The van der Waals surface area contributed by atoms with Gasteiger partial charge in [-0.15, -0.1) is 0 Å². The summed E-state index contributed by atoms with van der Waals surface area (Å²) in [5.74, 6) is 0.482. The summed E-state index contributed by atoms with van der Waals surface area (Å²) in [6, 6.07) is 9.51. The number of hydrogen-bond donors (Lipinski definition) is 2. The molecule has 2 amide bonds. The lowest BCUT2D eigenvalue weighted by Crippen LogP contribution is -2.46. The predicted octanol–water partition coefficient (Wildman–Crippen LogP) is 4.78. The fourth-order valence-electron chi connectivity index (χ4n) is 5.65. The maximum Gasteiger partial charge on any atom is 0.254 e. The quantitative estimate of drug-likeness (QED) is 0.391. The van der Waals surface area contributed by atoms with Gasteiger partial charge in [-0.05, 0) is 94.3 Å². The predicted molar refractivity (Wildman–Crippen MR) is 155 cm³/mol. The van der Waals surface area contributed by atoms with Crippen LogP contribution in [0.15, 0.2) is 47.4 Å². The number of amides is 2. The number of carbonyl (C=O) groups is 2. The van der Waals surface area contributed by atoms with Crippen LogP contribution in [0.3, 0.4) is 0 Å². The van der Waals surface area contributed by atoms with Crippen LogP contribution in [0.25, 0.3) is 11.1 Å². The number of rotatable bonds is 7. The van der Waals surface area contributed by atoms with Crippen molar-refractivity contribution < 1.29 is 28.6 Å². The van der Waals surface area contributed by atoms with E-state index >= 15 is 0 Å². The van der Waals surface area contributed by atoms with Crippen molar-refractivity contribution in [3.05, 3.63) is 75.5 Å². The normalized spacial score (nSPS) is 19.2. The summed E-state index contributed by atoms with van der Waals surface area (Å²) in [5.41, 5.74) is 4.33. The van der Waals surface area contributed by atoms with E-state index in [1.807, 2.05) is 6.07 Å². The summed E-state index contributed by atoms with van der Waals surface area (Å²) in [7, 11) is 1.65. The van der Waals surface area contributed by atoms with Gasteiger partial charge >= 0.3 is 0 Å². The summed E-state index contributed by atoms with van der Waals surface area (Å²) >= 11 is 0. The third-order valence-electron chi connectivity index (χ3n) is 7.93. The van der Waals surface area contributed by atoms with Crippen LogP contribution in [-0.4, -0.2) is 38.6 Å². The van der Waals surface area contributed by atoms with Gasteiger partial charge < -0.3 is 19.1 Å². The topological polar surface area (TPSA) is 110 Å². The molecule has 5 rings (SSSR count). The Labute approximate surface area is 243 Å². The first-order valence-corrected chi connectivity index (χ1v) is 14.1. The Hall–Kier alpha value is -4.18. The summed E-state index contributed by atoms with van der Waals surface area (Å²) in [6.07, 6.45) is 3.87. The van der Waals surface area contributed by atoms with E-state index in [0.717, 1.165) is 0 Å². The molecular weight excluding hydrogens is 541 g/mol. The van der Waals surface area contributed by atoms with E-state index in [2.05, 4.69) is 5.43 Å². The van der Waals surface area contributed by atoms with Crippen molar-refractivity contribution in [1.82, 2.24) is 15.0 Å². The van der Waals surface area contributed by atoms with Gasteiger partial charge in [0.05, 0.1) is 17.7 Å². The molecule has 2 heterocycles. The number of benzene rings is 2. The minimum atomic E-state index is -1.16. The molecule has 10 heteroatoms. The third kappa shape index (κ3) is 6.04. The van der Waals surface area contributed by atoms with Gasteiger partial charge in [0, 0.05) is 30.4 Å². The van der Waals surface area contributed by atoms with Gasteiger partial charge in [0.2, 0.25) is 5.91 Å². The molecule has 42 heavy (non-hydrogen) atoms. The van der Waals surface area contributed by atoms with Crippen molar-refractivity contribution in [2.24, 2.45) is 7.05 Å². The minimum absolute atomic E-state index is 0.0995. The minimum Gasteiger partial charge on any atom is -0.490 e. The number of halogens is 1. The Morgan fingerprint density at radius 2 is 1.62 bits per heavy atom. The number of nitrogens with zero attached hydrogens (tertiary/aromatic N) is 2. The van der Waals surface area contributed by atoms with E-state index in [0.29, 0.717) is 70.7 Å². The number of aliphatic hydroxyl groups is 1. The smallest absolute Gasteiger partial charge is 0.254 e. The molecule has 222 valence electrons. The molecule has 9 nitrogen and oxygen atoms in total. The highest BCUT2D eigenvalue weighted by Gasteiger charge is 2.36. The average Bonchev–Trinajstić information content (AvgIpc) is 3.25. The molecule has 2 fully saturated rings. The molecule has 1 aliphatic carbocycles. The van der Waals surface area contributed by atoms with Gasteiger partial charge in [-0.3, -0.25) is 24.8 Å². The fraction of sp³-hybridized carbons (Fsp3) is 0.406. The third-order valence-corrected chi connectivity index (χ3v) is 7.93. The zero-order chi connectivity index (χ0) is 30.3. The molecule has 3 aromatic rings. The number of pyridine rings is 1. The lowest BCUT2D eigenvalue weighted by Gasteiger charge is -2.34. The highest BCUT2D eigenvalue weighted by molar-refractivity contribution is 6.02. The van der Waals surface area contributed by atoms with Crippen molar-refractivity contribution >= 4 is 11.8 Å². The summed E-state index contributed by atoms with van der Waals surface area (Å²) in [6.45, 7) is 6.92. The maximum atomic E-state index is 14.0. The summed E-state index contributed by atoms with van der Waals surface area (Å²) in [4.78, 5) is 36.6. The molecule has 2 N–H and O–H groups in total. The molecule has 0 radical (unpaired) electrons. The lowest BCUT2D eigenvalue weighted by atomic mass is 9.92. The number of carbonyl (C=O) groups excluding carboxylic acids is 2. The van der Waals surface area contributed by atoms with Gasteiger partial charge in [0.15, 0.2) is 0 Å². The van der Waals surface area contributed by atoms with E-state index in [1.165, 1.54) is 27.8 Å². The Morgan fingerprint density at radius 1 is 0.952 bits per heavy atom. The van der Waals surface area contributed by atoms with Crippen LogP contribution >= 0.6 is 0 Å². The number of hydrazine groups is 1. The first-order valence-electron chi connectivity index (χ1n) is 14.1. The van der Waals surface area contributed by atoms with Crippen LogP contribution in [0.2, 0.25) is 0 Å². The van der Waals surface area contributed by atoms with E-state index in [4.69, 9.17) is 9.47 Å². The second kappa shape index (κ2) is 11.2. The zero-order valence-electron chi connectivity index (χ0n) is 24.5. The molecule has 1 saturated heterocycles. The van der Waals surface area contributed by atoms with Crippen molar-refractivity contribution in [3.63, 3.8) is 0 Å². The van der Waals surface area contributed by atoms with Crippen LogP contribution < -0.4 is 20.5 Å². The van der Waals surface area contributed by atoms with Crippen molar-refractivity contribution in [3.8, 4) is 28.4 Å². The number of aromatic nitrogens is 1. The Kier molecular flexibility index (Phi) is 7.85. The standard InChI is InChI=1S/C32H36FN3O6/c1-18-12-21(33)13-19(2)31(18)42-26-11-6-20(32(3,4)40)14-24(26)25-17-35(5)29(38)15-27(25)41-23-9-7-22(8-10-23)36-30(39)16-28(37)34-36/h6,11-15,17,22-23,40H,7-10,16H2,1-5H3,(H,34,37)/t22-,23-. The van der Waals surface area contributed by atoms with Gasteiger partial charge in [0.1, 0.15) is 29.5 Å². The van der Waals surface area contributed by atoms with Crippen molar-refractivity contribution in [2.45, 2.75) is 77.5 Å². The molecule has 2 aliphatic rings. The van der Waals surface area contributed by atoms with Gasteiger partial charge in [0.25, 0.3) is 11.5 Å². The molecule has 1 saturated carbocycles. The van der Waals surface area contributed by atoms with Crippen molar-refractivity contribution in [2.75, 3.05) is 0 Å². The second-order valence-corrected chi connectivity index (χ2v) is 11.8. The van der Waals surface area contributed by atoms with Crippen LogP contribution in [0.5, 0.6) is 17.2 Å². The highest BCUT2D eigenvalue weighted by atomic mass is 19.1. The van der Waals surface area contributed by atoms with Crippen LogP contribution in [0.4, 0.5) is 4.39 Å². The number of ether oxygens (including phenoxy) is 2. The molecule has 0 unspecified atom stereocenters. The molecule has 1 aliphatic heterocycles. The Morgan fingerprint density at radius 3 is 2.21 bits per heavy atom. The lowest BCUT2D eigenvalue weighted by molar-refractivity contribution is -0.133. The van der Waals surface area contributed by atoms with E-state index in [-0.39, 0.29) is 41.8 Å². The number of nitrogens with one attached hydrogen (secondary N) is 1. The highest BCUT2D eigenvalue weighted by Crippen LogP contribution is 2.42. The van der Waals surface area contributed by atoms with E-state index in [9.17, 15) is 23.9 Å². The molecule has 1 aromatic heterocycles. The zero-order valence-corrected chi connectivity index (χ0v) is 24.5. The Bertz CT molecular complexity index is 1580. The SMILES string of the molecule is Cc1cc(F)cc(C)c1Oc1ccc(C(C)(C)O)cc1-c1cn(C)c(=O)cc1O[C@H]1CC[C@H](N2NC(=O)CC2=O)CC1. The average molecular weight is 578 g/mol. The number of hydrogen-bond acceptors (Lipinski definition) is 6. The van der Waals surface area contributed by atoms with Crippen LogP contribution in [0, 0.1) is 19.7 Å². The first-order chi connectivity index (χ1) is 19.8. The van der Waals surface area contributed by atoms with Crippen LogP contribution in [-0.2, 0) is 22.2 Å². The molecule has 0 atom stereocenters.